The van der Waals surface area contributed by atoms with E-state index in [2.05, 4.69) is 33.4 Å². The second-order valence-corrected chi connectivity index (χ2v) is 8.67. The fourth-order valence-electron chi connectivity index (χ4n) is 4.12. The molecule has 0 amide bonds. The van der Waals surface area contributed by atoms with Crippen molar-refractivity contribution in [1.82, 2.24) is 15.2 Å². The molecule has 168 valence electrons. The standard InChI is InChI=1S/C26H29ClFN3O/c27-22-6-4-21(5-7-22)26(25-3-1-2-14-29-25)30-19-20-12-15-31(16-13-20)17-18-32-24-10-8-23(28)9-11-24/h1-11,14,20,26,30H,12-13,15-19H2. The van der Waals surface area contributed by atoms with Crippen molar-refractivity contribution in [2.45, 2.75) is 18.9 Å². The smallest absolute Gasteiger partial charge is 0.123 e. The molecule has 1 N–H and O–H groups in total. The highest BCUT2D eigenvalue weighted by Crippen LogP contribution is 2.24. The number of piperidine rings is 1. The molecule has 4 nitrogen and oxygen atoms in total. The fraction of sp³-hybridized carbons (Fsp3) is 0.346. The topological polar surface area (TPSA) is 37.4 Å². The molecule has 4 rings (SSSR count). The number of halogens is 2. The van der Waals surface area contributed by atoms with Crippen LogP contribution in [0.15, 0.2) is 72.9 Å². The lowest BCUT2D eigenvalue weighted by molar-refractivity contribution is 0.153. The van der Waals surface area contributed by atoms with E-state index in [0.29, 0.717) is 18.3 Å². The van der Waals surface area contributed by atoms with Crippen molar-refractivity contribution in [3.05, 3.63) is 95.0 Å². The SMILES string of the molecule is Fc1ccc(OCCN2CCC(CNC(c3ccc(Cl)cc3)c3ccccn3)CC2)cc1. The van der Waals surface area contributed by atoms with E-state index in [1.807, 2.05) is 30.5 Å². The first-order valence-corrected chi connectivity index (χ1v) is 11.6. The molecule has 1 atom stereocenters. The van der Waals surface area contributed by atoms with Crippen LogP contribution in [0.4, 0.5) is 4.39 Å². The highest BCUT2D eigenvalue weighted by Gasteiger charge is 2.22. The summed E-state index contributed by atoms with van der Waals surface area (Å²) >= 11 is 6.09. The van der Waals surface area contributed by atoms with E-state index in [1.165, 1.54) is 17.7 Å². The van der Waals surface area contributed by atoms with Gasteiger partial charge in [0.1, 0.15) is 18.2 Å². The molecule has 1 unspecified atom stereocenters. The quantitative estimate of drug-likeness (QED) is 0.474. The fourth-order valence-corrected chi connectivity index (χ4v) is 4.24. The molecule has 0 aliphatic carbocycles. The third-order valence-corrected chi connectivity index (χ3v) is 6.25. The van der Waals surface area contributed by atoms with Crippen LogP contribution in [0.3, 0.4) is 0 Å². The van der Waals surface area contributed by atoms with E-state index >= 15 is 0 Å². The highest BCUT2D eigenvalue weighted by molar-refractivity contribution is 6.30. The number of benzene rings is 2. The van der Waals surface area contributed by atoms with E-state index in [-0.39, 0.29) is 11.9 Å². The molecule has 0 bridgehead atoms. The summed E-state index contributed by atoms with van der Waals surface area (Å²) in [7, 11) is 0. The third kappa shape index (κ3) is 6.52. The molecule has 32 heavy (non-hydrogen) atoms. The van der Waals surface area contributed by atoms with Crippen LogP contribution in [-0.4, -0.2) is 42.7 Å². The number of hydrogen-bond donors (Lipinski definition) is 1. The van der Waals surface area contributed by atoms with E-state index in [1.54, 1.807) is 12.1 Å². The van der Waals surface area contributed by atoms with Crippen LogP contribution < -0.4 is 10.1 Å². The van der Waals surface area contributed by atoms with Crippen molar-refractivity contribution in [2.75, 3.05) is 32.8 Å². The number of ether oxygens (including phenoxy) is 1. The predicted molar refractivity (Wildman–Crippen MR) is 127 cm³/mol. The Morgan fingerprint density at radius 3 is 2.47 bits per heavy atom. The first-order chi connectivity index (χ1) is 15.7. The zero-order valence-corrected chi connectivity index (χ0v) is 18.8. The Kier molecular flexibility index (Phi) is 8.10. The van der Waals surface area contributed by atoms with Crippen LogP contribution in [0, 0.1) is 11.7 Å². The maximum Gasteiger partial charge on any atom is 0.123 e. The monoisotopic (exact) mass is 453 g/mol. The molecule has 0 saturated carbocycles. The first kappa shape index (κ1) is 22.7. The molecule has 6 heteroatoms. The zero-order valence-electron chi connectivity index (χ0n) is 18.1. The van der Waals surface area contributed by atoms with E-state index < -0.39 is 0 Å². The molecule has 2 aromatic carbocycles. The molecule has 0 radical (unpaired) electrons. The Labute approximate surface area is 194 Å². The van der Waals surface area contributed by atoms with Gasteiger partial charge in [0.05, 0.1) is 11.7 Å². The molecule has 0 spiro atoms. The second kappa shape index (κ2) is 11.4. The minimum Gasteiger partial charge on any atom is -0.492 e. The molecule has 1 aromatic heterocycles. The minimum absolute atomic E-state index is 0.0515. The average molecular weight is 454 g/mol. The Morgan fingerprint density at radius 1 is 1.03 bits per heavy atom. The number of rotatable bonds is 9. The zero-order chi connectivity index (χ0) is 22.2. The lowest BCUT2D eigenvalue weighted by Gasteiger charge is -2.33. The normalized spacial score (nSPS) is 16.1. The van der Waals surface area contributed by atoms with Gasteiger partial charge in [-0.05, 0) is 92.5 Å². The first-order valence-electron chi connectivity index (χ1n) is 11.2. The number of nitrogens with zero attached hydrogens (tertiary/aromatic N) is 2. The van der Waals surface area contributed by atoms with Crippen molar-refractivity contribution in [2.24, 2.45) is 5.92 Å². The lowest BCUT2D eigenvalue weighted by Crippen LogP contribution is -2.40. The van der Waals surface area contributed by atoms with Crippen molar-refractivity contribution in [3.8, 4) is 5.75 Å². The van der Waals surface area contributed by atoms with Crippen molar-refractivity contribution in [1.29, 1.82) is 0 Å². The summed E-state index contributed by atoms with van der Waals surface area (Å²) in [6.07, 6.45) is 4.14. The molecule has 1 saturated heterocycles. The van der Waals surface area contributed by atoms with Crippen molar-refractivity contribution >= 4 is 11.6 Å². The summed E-state index contributed by atoms with van der Waals surface area (Å²) in [4.78, 5) is 7.02. The summed E-state index contributed by atoms with van der Waals surface area (Å²) in [6.45, 7) is 4.58. The summed E-state index contributed by atoms with van der Waals surface area (Å²) in [5, 5.41) is 4.49. The largest absolute Gasteiger partial charge is 0.492 e. The number of hydrogen-bond acceptors (Lipinski definition) is 4. The maximum atomic E-state index is 13.0. The molecule has 1 aliphatic heterocycles. The predicted octanol–water partition coefficient (Wildman–Crippen LogP) is 5.34. The molecule has 1 fully saturated rings. The van der Waals surface area contributed by atoms with Gasteiger partial charge >= 0.3 is 0 Å². The average Bonchev–Trinajstić information content (AvgIpc) is 2.83. The van der Waals surface area contributed by atoms with Gasteiger partial charge in [-0.3, -0.25) is 9.88 Å². The van der Waals surface area contributed by atoms with Gasteiger partial charge in [-0.2, -0.15) is 0 Å². The van der Waals surface area contributed by atoms with E-state index in [9.17, 15) is 4.39 Å². The van der Waals surface area contributed by atoms with Gasteiger partial charge in [-0.15, -0.1) is 0 Å². The van der Waals surface area contributed by atoms with Gasteiger partial charge in [0, 0.05) is 17.8 Å². The Hall–Kier alpha value is -2.47. The van der Waals surface area contributed by atoms with Gasteiger partial charge in [-0.1, -0.05) is 29.8 Å². The second-order valence-electron chi connectivity index (χ2n) is 8.23. The number of pyridine rings is 1. The highest BCUT2D eigenvalue weighted by atomic mass is 35.5. The van der Waals surface area contributed by atoms with Gasteiger partial charge in [0.25, 0.3) is 0 Å². The molecular formula is C26H29ClFN3O. The third-order valence-electron chi connectivity index (χ3n) is 5.99. The maximum absolute atomic E-state index is 13.0. The number of nitrogens with one attached hydrogen (secondary N) is 1. The van der Waals surface area contributed by atoms with Gasteiger partial charge in [-0.25, -0.2) is 4.39 Å². The Balaban J connectivity index is 1.24. The number of likely N-dealkylation sites (tertiary alicyclic amines) is 1. The van der Waals surface area contributed by atoms with Crippen LogP contribution in [0.2, 0.25) is 5.02 Å². The summed E-state index contributed by atoms with van der Waals surface area (Å²) < 4.78 is 18.7. The van der Waals surface area contributed by atoms with Crippen LogP contribution in [-0.2, 0) is 0 Å². The summed E-state index contributed by atoms with van der Waals surface area (Å²) in [5.74, 6) is 1.10. The minimum atomic E-state index is -0.241. The summed E-state index contributed by atoms with van der Waals surface area (Å²) in [5.41, 5.74) is 2.19. The molecule has 2 heterocycles. The molecule has 3 aromatic rings. The molecule has 1 aliphatic rings. The number of aromatic nitrogens is 1. The lowest BCUT2D eigenvalue weighted by atomic mass is 9.95. The molecular weight excluding hydrogens is 425 g/mol. The van der Waals surface area contributed by atoms with Gasteiger partial charge in [0.15, 0.2) is 0 Å². The van der Waals surface area contributed by atoms with Gasteiger partial charge in [0.2, 0.25) is 0 Å². The van der Waals surface area contributed by atoms with Gasteiger partial charge < -0.3 is 10.1 Å². The van der Waals surface area contributed by atoms with Crippen LogP contribution in [0.25, 0.3) is 0 Å². The van der Waals surface area contributed by atoms with Crippen LogP contribution in [0.1, 0.15) is 30.1 Å². The summed E-state index contributed by atoms with van der Waals surface area (Å²) in [6, 6.07) is 20.3. The van der Waals surface area contributed by atoms with E-state index in [4.69, 9.17) is 16.3 Å². The van der Waals surface area contributed by atoms with E-state index in [0.717, 1.165) is 49.7 Å². The Morgan fingerprint density at radius 2 is 1.78 bits per heavy atom. The van der Waals surface area contributed by atoms with Crippen LogP contribution in [0.5, 0.6) is 5.75 Å². The van der Waals surface area contributed by atoms with Crippen LogP contribution >= 0.6 is 11.6 Å². The van der Waals surface area contributed by atoms with Crippen molar-refractivity contribution in [3.63, 3.8) is 0 Å². The Bertz CT molecular complexity index is 945. The van der Waals surface area contributed by atoms with Crippen molar-refractivity contribution < 1.29 is 9.13 Å².